The number of rotatable bonds is 6. The normalized spacial score (nSPS) is 17.4. The summed E-state index contributed by atoms with van der Waals surface area (Å²) in [5.41, 5.74) is 1.08. The van der Waals surface area contributed by atoms with Gasteiger partial charge in [-0.1, -0.05) is 55.3 Å². The lowest BCUT2D eigenvalue weighted by Gasteiger charge is -2.33. The van der Waals surface area contributed by atoms with Crippen molar-refractivity contribution in [3.8, 4) is 0 Å². The molecule has 3 aromatic carbocycles. The van der Waals surface area contributed by atoms with Gasteiger partial charge in [-0.2, -0.15) is 0 Å². The van der Waals surface area contributed by atoms with Crippen LogP contribution in [0.1, 0.15) is 48.9 Å². The van der Waals surface area contributed by atoms with Crippen molar-refractivity contribution in [2.24, 2.45) is 5.92 Å². The lowest BCUT2D eigenvalue weighted by molar-refractivity contribution is -0.136. The first kappa shape index (κ1) is 24.5. The van der Waals surface area contributed by atoms with Gasteiger partial charge in [0, 0.05) is 47.1 Å². The van der Waals surface area contributed by atoms with Gasteiger partial charge in [-0.3, -0.25) is 9.59 Å². The number of nitrogens with one attached hydrogen (secondary N) is 2. The van der Waals surface area contributed by atoms with Gasteiger partial charge >= 0.3 is 0 Å². The van der Waals surface area contributed by atoms with E-state index in [1.165, 1.54) is 0 Å². The van der Waals surface area contributed by atoms with E-state index in [9.17, 15) is 18.0 Å². The zero-order valence-electron chi connectivity index (χ0n) is 20.2. The number of nitrogens with zero attached hydrogens (tertiary/aromatic N) is 1. The van der Waals surface area contributed by atoms with E-state index < -0.39 is 10.0 Å². The van der Waals surface area contributed by atoms with Crippen LogP contribution < -0.4 is 10.0 Å². The summed E-state index contributed by atoms with van der Waals surface area (Å²) < 4.78 is 29.7. The fraction of sp³-hybridized carbons (Fsp3) is 0.357. The molecule has 1 aliphatic carbocycles. The molecule has 0 aromatic heterocycles. The summed E-state index contributed by atoms with van der Waals surface area (Å²) in [5, 5.41) is 4.11. The van der Waals surface area contributed by atoms with E-state index in [1.807, 2.05) is 23.1 Å². The highest BCUT2D eigenvalue weighted by atomic mass is 32.2. The van der Waals surface area contributed by atoms with Gasteiger partial charge in [-0.05, 0) is 49.9 Å². The quantitative estimate of drug-likeness (QED) is 0.514. The Bertz CT molecular complexity index is 1360. The molecule has 0 spiro atoms. The van der Waals surface area contributed by atoms with E-state index in [-0.39, 0.29) is 28.7 Å². The van der Waals surface area contributed by atoms with Gasteiger partial charge in [-0.15, -0.1) is 0 Å². The van der Waals surface area contributed by atoms with E-state index in [2.05, 4.69) is 10.0 Å². The molecule has 0 unspecified atom stereocenters. The van der Waals surface area contributed by atoms with Crippen LogP contribution in [0.5, 0.6) is 0 Å². The number of piperidine rings is 1. The molecular weight excluding hydrogens is 474 g/mol. The highest BCUT2D eigenvalue weighted by Gasteiger charge is 2.32. The Balaban J connectivity index is 1.31. The summed E-state index contributed by atoms with van der Waals surface area (Å²) in [5.74, 6) is 0.117. The molecule has 2 aliphatic rings. The SMILES string of the molecule is O=C(Nc1ccc(S(=O)(=O)NC2CCN(C(=O)C3CCCC3)CC2)c2ccccc12)c1ccccc1. The van der Waals surface area contributed by atoms with Crippen LogP contribution in [0.3, 0.4) is 0 Å². The summed E-state index contributed by atoms with van der Waals surface area (Å²) >= 11 is 0. The number of sulfonamides is 1. The number of likely N-dealkylation sites (tertiary alicyclic amines) is 1. The zero-order chi connectivity index (χ0) is 25.1. The molecule has 1 saturated carbocycles. The molecule has 1 saturated heterocycles. The number of carbonyl (C=O) groups is 2. The Labute approximate surface area is 211 Å². The number of benzene rings is 3. The Kier molecular flexibility index (Phi) is 7.07. The van der Waals surface area contributed by atoms with E-state index in [1.54, 1.807) is 48.5 Å². The van der Waals surface area contributed by atoms with E-state index in [4.69, 9.17) is 0 Å². The molecule has 2 amide bonds. The Morgan fingerprint density at radius 1 is 0.778 bits per heavy atom. The number of fused-ring (bicyclic) bond motifs is 1. The molecule has 0 bridgehead atoms. The average molecular weight is 506 g/mol. The Morgan fingerprint density at radius 3 is 2.11 bits per heavy atom. The molecule has 5 rings (SSSR count). The van der Waals surface area contributed by atoms with Crippen LogP contribution in [-0.2, 0) is 14.8 Å². The topological polar surface area (TPSA) is 95.6 Å². The largest absolute Gasteiger partial charge is 0.342 e. The van der Waals surface area contributed by atoms with Gasteiger partial charge < -0.3 is 10.2 Å². The van der Waals surface area contributed by atoms with Crippen molar-refractivity contribution < 1.29 is 18.0 Å². The molecule has 36 heavy (non-hydrogen) atoms. The van der Waals surface area contributed by atoms with E-state index >= 15 is 0 Å². The molecule has 1 aliphatic heterocycles. The predicted molar refractivity (Wildman–Crippen MR) is 140 cm³/mol. The highest BCUT2D eigenvalue weighted by Crippen LogP contribution is 2.31. The summed E-state index contributed by atoms with van der Waals surface area (Å²) in [7, 11) is -3.80. The highest BCUT2D eigenvalue weighted by molar-refractivity contribution is 7.89. The average Bonchev–Trinajstić information content (AvgIpc) is 3.44. The predicted octanol–water partition coefficient (Wildman–Crippen LogP) is 4.55. The van der Waals surface area contributed by atoms with Crippen molar-refractivity contribution in [3.05, 3.63) is 72.3 Å². The molecule has 2 N–H and O–H groups in total. The first-order valence-corrected chi connectivity index (χ1v) is 14.1. The standard InChI is InChI=1S/C28H31N3O4S/c32-27(20-8-2-1-3-9-20)29-25-14-15-26(24-13-7-6-12-23(24)25)36(34,35)30-22-16-18-31(19-17-22)28(33)21-10-4-5-11-21/h1-3,6-9,12-15,21-22,30H,4-5,10-11,16-19H2,(H,29,32). The van der Waals surface area contributed by atoms with Crippen molar-refractivity contribution in [2.75, 3.05) is 18.4 Å². The van der Waals surface area contributed by atoms with E-state index in [0.29, 0.717) is 48.0 Å². The van der Waals surface area contributed by atoms with Crippen LogP contribution in [0.4, 0.5) is 5.69 Å². The van der Waals surface area contributed by atoms with Crippen LogP contribution in [0.2, 0.25) is 0 Å². The second-order valence-electron chi connectivity index (χ2n) is 9.68. The maximum atomic E-state index is 13.4. The Hall–Kier alpha value is -3.23. The van der Waals surface area contributed by atoms with Gasteiger partial charge in [-0.25, -0.2) is 13.1 Å². The molecule has 2 fully saturated rings. The van der Waals surface area contributed by atoms with Crippen LogP contribution in [-0.4, -0.2) is 44.3 Å². The monoisotopic (exact) mass is 505 g/mol. The summed E-state index contributed by atoms with van der Waals surface area (Å²) in [4.78, 5) is 27.5. The maximum absolute atomic E-state index is 13.4. The first-order valence-electron chi connectivity index (χ1n) is 12.6. The van der Waals surface area contributed by atoms with Crippen LogP contribution in [0.15, 0.2) is 71.6 Å². The zero-order valence-corrected chi connectivity index (χ0v) is 21.0. The third kappa shape index (κ3) is 5.15. The second-order valence-corrected chi connectivity index (χ2v) is 11.4. The van der Waals surface area contributed by atoms with Crippen LogP contribution in [0.25, 0.3) is 10.8 Å². The lowest BCUT2D eigenvalue weighted by Crippen LogP contribution is -2.47. The second kappa shape index (κ2) is 10.4. The number of anilines is 1. The van der Waals surface area contributed by atoms with Gasteiger partial charge in [0.2, 0.25) is 15.9 Å². The maximum Gasteiger partial charge on any atom is 0.255 e. The summed E-state index contributed by atoms with van der Waals surface area (Å²) in [6, 6.07) is 19.0. The smallest absolute Gasteiger partial charge is 0.255 e. The third-order valence-corrected chi connectivity index (χ3v) is 8.87. The van der Waals surface area contributed by atoms with Gasteiger partial charge in [0.05, 0.1) is 4.90 Å². The molecule has 0 atom stereocenters. The minimum Gasteiger partial charge on any atom is -0.342 e. The molecule has 3 aromatic rings. The molecule has 8 heteroatoms. The lowest BCUT2D eigenvalue weighted by atomic mass is 10.0. The molecule has 0 radical (unpaired) electrons. The van der Waals surface area contributed by atoms with E-state index in [0.717, 1.165) is 25.7 Å². The van der Waals surface area contributed by atoms with Gasteiger partial charge in [0.25, 0.3) is 5.91 Å². The summed E-state index contributed by atoms with van der Waals surface area (Å²) in [6.07, 6.45) is 5.38. The van der Waals surface area contributed by atoms with Crippen molar-refractivity contribution in [1.29, 1.82) is 0 Å². The van der Waals surface area contributed by atoms with Crippen molar-refractivity contribution in [2.45, 2.75) is 49.5 Å². The fourth-order valence-electron chi connectivity index (χ4n) is 5.33. The summed E-state index contributed by atoms with van der Waals surface area (Å²) in [6.45, 7) is 1.15. The number of hydrogen-bond acceptors (Lipinski definition) is 4. The molecule has 1 heterocycles. The van der Waals surface area contributed by atoms with Gasteiger partial charge in [0.1, 0.15) is 0 Å². The van der Waals surface area contributed by atoms with Crippen molar-refractivity contribution in [3.63, 3.8) is 0 Å². The van der Waals surface area contributed by atoms with Gasteiger partial charge in [0.15, 0.2) is 0 Å². The first-order chi connectivity index (χ1) is 17.4. The molecular formula is C28H31N3O4S. The Morgan fingerprint density at radius 2 is 1.42 bits per heavy atom. The van der Waals surface area contributed by atoms with Crippen molar-refractivity contribution >= 4 is 38.3 Å². The van der Waals surface area contributed by atoms with Crippen molar-refractivity contribution in [1.82, 2.24) is 9.62 Å². The van der Waals surface area contributed by atoms with Crippen LogP contribution >= 0.6 is 0 Å². The number of carbonyl (C=O) groups excluding carboxylic acids is 2. The number of hydrogen-bond donors (Lipinski definition) is 2. The fourth-order valence-corrected chi connectivity index (χ4v) is 6.85. The third-order valence-electron chi connectivity index (χ3n) is 7.29. The molecule has 188 valence electrons. The number of amides is 2. The minimum absolute atomic E-state index is 0.144. The van der Waals surface area contributed by atoms with Crippen LogP contribution in [0, 0.1) is 5.92 Å². The minimum atomic E-state index is -3.80. The molecule has 7 nitrogen and oxygen atoms in total.